The van der Waals surface area contributed by atoms with E-state index in [9.17, 15) is 0 Å². The van der Waals surface area contributed by atoms with E-state index in [1.165, 1.54) is 0 Å². The fourth-order valence-electron chi connectivity index (χ4n) is 1.13. The van der Waals surface area contributed by atoms with Gasteiger partial charge in [-0.1, -0.05) is 5.16 Å². The van der Waals surface area contributed by atoms with Gasteiger partial charge in [0, 0.05) is 25.2 Å². The molecule has 1 aromatic carbocycles. The van der Waals surface area contributed by atoms with E-state index < -0.39 is 0 Å². The molecule has 0 aliphatic rings. The lowest BCUT2D eigenvalue weighted by atomic mass is 10.2. The molecule has 0 saturated carbocycles. The maximum Gasteiger partial charge on any atom is 0.131 e. The van der Waals surface area contributed by atoms with E-state index in [2.05, 4.69) is 5.16 Å². The molecule has 0 spiro atoms. The lowest BCUT2D eigenvalue weighted by Crippen LogP contribution is -2.07. The Bertz CT molecular complexity index is 392. The summed E-state index contributed by atoms with van der Waals surface area (Å²) in [4.78, 5) is 2.04. The molecule has 2 aromatic rings. The molecular weight excluding hydrogens is 152 g/mol. The average Bonchev–Trinajstić information content (AvgIpc) is 2.49. The third kappa shape index (κ3) is 1.03. The van der Waals surface area contributed by atoms with Crippen LogP contribution in [-0.2, 0) is 0 Å². The van der Waals surface area contributed by atoms with Gasteiger partial charge in [0.1, 0.15) is 11.8 Å². The Labute approximate surface area is 70.6 Å². The van der Waals surface area contributed by atoms with Gasteiger partial charge >= 0.3 is 0 Å². The summed E-state index contributed by atoms with van der Waals surface area (Å²) in [5, 5.41) is 4.90. The molecule has 62 valence electrons. The van der Waals surface area contributed by atoms with E-state index in [1.807, 2.05) is 37.2 Å². The Morgan fingerprint density at radius 2 is 2.17 bits per heavy atom. The van der Waals surface area contributed by atoms with Gasteiger partial charge in [0.05, 0.1) is 0 Å². The first-order valence-electron chi connectivity index (χ1n) is 3.79. The van der Waals surface area contributed by atoms with Crippen LogP contribution in [0.2, 0.25) is 0 Å². The Hall–Kier alpha value is -1.51. The lowest BCUT2D eigenvalue weighted by molar-refractivity contribution is 0.428. The van der Waals surface area contributed by atoms with Crippen LogP contribution in [0.3, 0.4) is 0 Å². The largest absolute Gasteiger partial charge is 0.378 e. The Kier molecular flexibility index (Phi) is 1.50. The molecule has 3 nitrogen and oxygen atoms in total. The van der Waals surface area contributed by atoms with Gasteiger partial charge in [-0.2, -0.15) is 0 Å². The third-order valence-electron chi connectivity index (χ3n) is 1.86. The van der Waals surface area contributed by atoms with E-state index in [0.29, 0.717) is 0 Å². The van der Waals surface area contributed by atoms with Gasteiger partial charge in [0.15, 0.2) is 0 Å². The van der Waals surface area contributed by atoms with E-state index >= 15 is 0 Å². The second kappa shape index (κ2) is 2.52. The first-order valence-corrected chi connectivity index (χ1v) is 3.79. The minimum Gasteiger partial charge on any atom is -0.378 e. The molecule has 0 bridgehead atoms. The molecule has 0 aliphatic heterocycles. The highest BCUT2D eigenvalue weighted by molar-refractivity contribution is 5.81. The monoisotopic (exact) mass is 162 g/mol. The topological polar surface area (TPSA) is 29.3 Å². The van der Waals surface area contributed by atoms with Crippen molar-refractivity contribution >= 4 is 16.6 Å². The molecule has 0 saturated heterocycles. The number of anilines is 1. The molecule has 1 aromatic heterocycles. The molecule has 1 heterocycles. The summed E-state index contributed by atoms with van der Waals surface area (Å²) >= 11 is 0. The van der Waals surface area contributed by atoms with Crippen LogP contribution in [0, 0.1) is 0 Å². The van der Waals surface area contributed by atoms with Crippen molar-refractivity contribution in [3.05, 3.63) is 24.5 Å². The second-order valence-corrected chi connectivity index (χ2v) is 2.95. The molecule has 0 atom stereocenters. The van der Waals surface area contributed by atoms with E-state index in [0.717, 1.165) is 16.6 Å². The Balaban J connectivity index is 2.60. The summed E-state index contributed by atoms with van der Waals surface area (Å²) in [6, 6.07) is 6.04. The summed E-state index contributed by atoms with van der Waals surface area (Å²) in [5.74, 6) is 0. The van der Waals surface area contributed by atoms with Crippen molar-refractivity contribution in [3.8, 4) is 0 Å². The fraction of sp³-hybridized carbons (Fsp3) is 0.222. The molecule has 12 heavy (non-hydrogen) atoms. The Morgan fingerprint density at radius 3 is 2.92 bits per heavy atom. The van der Waals surface area contributed by atoms with Crippen LogP contribution in [0.15, 0.2) is 29.0 Å². The zero-order valence-corrected chi connectivity index (χ0v) is 7.11. The highest BCUT2D eigenvalue weighted by atomic mass is 16.5. The summed E-state index contributed by atoms with van der Waals surface area (Å²) < 4.78 is 4.83. The number of hydrogen-bond donors (Lipinski definition) is 0. The van der Waals surface area contributed by atoms with E-state index in [-0.39, 0.29) is 0 Å². The first kappa shape index (κ1) is 7.16. The number of rotatable bonds is 1. The van der Waals surface area contributed by atoms with Gasteiger partial charge in [-0.3, -0.25) is 0 Å². The maximum atomic E-state index is 4.83. The van der Waals surface area contributed by atoms with Crippen molar-refractivity contribution in [2.24, 2.45) is 0 Å². The number of aromatic nitrogens is 1. The SMILES string of the molecule is CN(C)c1ccc2conc2c1. The Morgan fingerprint density at radius 1 is 1.33 bits per heavy atom. The van der Waals surface area contributed by atoms with Gasteiger partial charge in [-0.05, 0) is 18.2 Å². The summed E-state index contributed by atoms with van der Waals surface area (Å²) in [7, 11) is 4.00. The van der Waals surface area contributed by atoms with Gasteiger partial charge in [0.2, 0.25) is 0 Å². The van der Waals surface area contributed by atoms with Gasteiger partial charge < -0.3 is 9.42 Å². The standard InChI is InChI=1S/C9H10N2O/c1-11(2)8-4-3-7-6-12-10-9(7)5-8/h3-6H,1-2H3. The lowest BCUT2D eigenvalue weighted by Gasteiger charge is -2.10. The minimum atomic E-state index is 0.904. The average molecular weight is 162 g/mol. The molecule has 2 rings (SSSR count). The van der Waals surface area contributed by atoms with Gasteiger partial charge in [-0.15, -0.1) is 0 Å². The van der Waals surface area contributed by atoms with Crippen molar-refractivity contribution in [2.75, 3.05) is 19.0 Å². The van der Waals surface area contributed by atoms with E-state index in [4.69, 9.17) is 4.52 Å². The number of fused-ring (bicyclic) bond motifs is 1. The van der Waals surface area contributed by atoms with Crippen LogP contribution in [-0.4, -0.2) is 19.3 Å². The van der Waals surface area contributed by atoms with Gasteiger partial charge in [0.25, 0.3) is 0 Å². The quantitative estimate of drug-likeness (QED) is 0.641. The van der Waals surface area contributed by atoms with Crippen LogP contribution < -0.4 is 4.90 Å². The minimum absolute atomic E-state index is 0.904. The van der Waals surface area contributed by atoms with Crippen molar-refractivity contribution in [2.45, 2.75) is 0 Å². The maximum absolute atomic E-state index is 4.83. The van der Waals surface area contributed by atoms with Crippen LogP contribution in [0.4, 0.5) is 5.69 Å². The van der Waals surface area contributed by atoms with Crippen LogP contribution in [0.25, 0.3) is 10.9 Å². The fourth-order valence-corrected chi connectivity index (χ4v) is 1.13. The van der Waals surface area contributed by atoms with E-state index in [1.54, 1.807) is 6.26 Å². The number of nitrogens with zero attached hydrogens (tertiary/aromatic N) is 2. The normalized spacial score (nSPS) is 10.5. The zero-order chi connectivity index (χ0) is 8.55. The smallest absolute Gasteiger partial charge is 0.131 e. The van der Waals surface area contributed by atoms with Crippen molar-refractivity contribution < 1.29 is 4.52 Å². The predicted molar refractivity (Wildman–Crippen MR) is 48.3 cm³/mol. The molecule has 0 amide bonds. The molecule has 0 radical (unpaired) electrons. The van der Waals surface area contributed by atoms with Crippen molar-refractivity contribution in [3.63, 3.8) is 0 Å². The molecule has 0 N–H and O–H groups in total. The van der Waals surface area contributed by atoms with Crippen molar-refractivity contribution in [1.82, 2.24) is 5.16 Å². The second-order valence-electron chi connectivity index (χ2n) is 2.95. The molecule has 0 aliphatic carbocycles. The number of benzene rings is 1. The third-order valence-corrected chi connectivity index (χ3v) is 1.86. The predicted octanol–water partition coefficient (Wildman–Crippen LogP) is 1.89. The summed E-state index contributed by atoms with van der Waals surface area (Å²) in [6.45, 7) is 0. The van der Waals surface area contributed by atoms with Crippen molar-refractivity contribution in [1.29, 1.82) is 0 Å². The number of hydrogen-bond acceptors (Lipinski definition) is 3. The zero-order valence-electron chi connectivity index (χ0n) is 7.11. The van der Waals surface area contributed by atoms with Gasteiger partial charge in [-0.25, -0.2) is 0 Å². The molecule has 0 fully saturated rings. The first-order chi connectivity index (χ1) is 5.77. The summed E-state index contributed by atoms with van der Waals surface area (Å²) in [5.41, 5.74) is 2.04. The highest BCUT2D eigenvalue weighted by Crippen LogP contribution is 2.18. The van der Waals surface area contributed by atoms with Crippen LogP contribution in [0.1, 0.15) is 0 Å². The van der Waals surface area contributed by atoms with Crippen LogP contribution >= 0.6 is 0 Å². The molecular formula is C9H10N2O. The highest BCUT2D eigenvalue weighted by Gasteiger charge is 2.00. The molecule has 0 unspecified atom stereocenters. The molecule has 3 heteroatoms. The van der Waals surface area contributed by atoms with Crippen LogP contribution in [0.5, 0.6) is 0 Å². The summed E-state index contributed by atoms with van der Waals surface area (Å²) in [6.07, 6.45) is 1.65.